The molecule has 0 aromatic rings. The molecule has 0 aromatic carbocycles. The van der Waals surface area contributed by atoms with E-state index < -0.39 is 72.3 Å². The molecule has 0 aromatic heterocycles. The standard InChI is InChI=1S/C45H84O14P2/c1-4-6-7-8-17-22-27-32-41(46)33-28-23-20-25-29-34-44(48)55-38-43(39-58-61(53,54)57-37-42(47)36-56-60(50,51)52)59-45(49)35-30-24-19-16-14-12-10-9-11-13-15-18-21-26-31-40(3)5-2/h6-7,17,22,27,32,40-43,46-47H,4-5,8-16,18-21,23-26,28-31,33-39H2,1-3H3,(H,53,54)(H2,50,51,52)/b7-6+,22-17+,32-27+/t40?,41?,42-,43+/m0/s1. The van der Waals surface area contributed by atoms with Crippen LogP contribution in [0.1, 0.15) is 188 Å². The SMILES string of the molecule is CC/C=C/C/C=C/C=C/C(O)CCCCCCCC(=O)OC[C@H](COP(=O)(O)OC[C@@H](O)COP(=O)(O)O)OC(=O)CCCCCCCCCCCCCCCCC(C)CC. The molecular weight excluding hydrogens is 826 g/mol. The fraction of sp³-hybridized carbons (Fsp3) is 0.822. The maximum atomic E-state index is 12.7. The lowest BCUT2D eigenvalue weighted by Crippen LogP contribution is -2.30. The molecule has 358 valence electrons. The molecule has 0 rings (SSSR count). The zero-order valence-electron chi connectivity index (χ0n) is 37.8. The smallest absolute Gasteiger partial charge is 0.462 e. The lowest BCUT2D eigenvalue weighted by atomic mass is 9.99. The van der Waals surface area contributed by atoms with Crippen molar-refractivity contribution in [2.24, 2.45) is 5.92 Å². The largest absolute Gasteiger partial charge is 0.472 e. The summed E-state index contributed by atoms with van der Waals surface area (Å²) in [5.74, 6) is -0.248. The first-order chi connectivity index (χ1) is 29.2. The van der Waals surface area contributed by atoms with Crippen LogP contribution in [0.5, 0.6) is 0 Å². The lowest BCUT2D eigenvalue weighted by molar-refractivity contribution is -0.161. The summed E-state index contributed by atoms with van der Waals surface area (Å²) in [5.41, 5.74) is 0. The molecule has 3 unspecified atom stereocenters. The number of esters is 2. The highest BCUT2D eigenvalue weighted by molar-refractivity contribution is 7.47. The Morgan fingerprint density at radius 3 is 1.61 bits per heavy atom. The van der Waals surface area contributed by atoms with E-state index in [9.17, 15) is 33.8 Å². The third kappa shape index (κ3) is 43.3. The Hall–Kier alpha value is -1.70. The first-order valence-corrected chi connectivity index (χ1v) is 26.2. The van der Waals surface area contributed by atoms with Crippen LogP contribution in [0.25, 0.3) is 0 Å². The van der Waals surface area contributed by atoms with E-state index in [1.807, 2.05) is 18.2 Å². The zero-order valence-corrected chi connectivity index (χ0v) is 39.6. The minimum absolute atomic E-state index is 0.114. The van der Waals surface area contributed by atoms with Crippen LogP contribution >= 0.6 is 15.6 Å². The van der Waals surface area contributed by atoms with Crippen LogP contribution in [-0.4, -0.2) is 81.6 Å². The van der Waals surface area contributed by atoms with E-state index in [-0.39, 0.29) is 12.8 Å². The first-order valence-electron chi connectivity index (χ1n) is 23.2. The van der Waals surface area contributed by atoms with Gasteiger partial charge in [-0.15, -0.1) is 0 Å². The van der Waals surface area contributed by atoms with Crippen molar-refractivity contribution in [3.63, 3.8) is 0 Å². The van der Waals surface area contributed by atoms with Crippen molar-refractivity contribution in [2.75, 3.05) is 26.4 Å². The highest BCUT2D eigenvalue weighted by atomic mass is 31.2. The quantitative estimate of drug-likeness (QED) is 0.0127. The highest BCUT2D eigenvalue weighted by Crippen LogP contribution is 2.43. The molecule has 0 spiro atoms. The molecule has 0 saturated heterocycles. The Balaban J connectivity index is 4.54. The van der Waals surface area contributed by atoms with Gasteiger partial charge >= 0.3 is 27.6 Å². The van der Waals surface area contributed by atoms with Crippen molar-refractivity contribution < 1.29 is 66.7 Å². The lowest BCUT2D eigenvalue weighted by Gasteiger charge is -2.20. The Morgan fingerprint density at radius 1 is 0.574 bits per heavy atom. The summed E-state index contributed by atoms with van der Waals surface area (Å²) in [6.45, 7) is 3.90. The van der Waals surface area contributed by atoms with E-state index in [0.29, 0.717) is 19.3 Å². The van der Waals surface area contributed by atoms with E-state index in [0.717, 1.165) is 63.7 Å². The van der Waals surface area contributed by atoms with Crippen LogP contribution in [-0.2, 0) is 41.8 Å². The fourth-order valence-corrected chi connectivity index (χ4v) is 7.43. The number of phosphoric acid groups is 2. The second kappa shape index (κ2) is 39.9. The van der Waals surface area contributed by atoms with Gasteiger partial charge in [0.25, 0.3) is 0 Å². The fourth-order valence-electron chi connectivity index (χ4n) is 6.27. The molecule has 14 nitrogen and oxygen atoms in total. The number of aliphatic hydroxyl groups is 2. The zero-order chi connectivity index (χ0) is 45.5. The predicted octanol–water partition coefficient (Wildman–Crippen LogP) is 10.9. The minimum Gasteiger partial charge on any atom is -0.462 e. The van der Waals surface area contributed by atoms with Crippen LogP contribution in [0, 0.1) is 5.92 Å². The van der Waals surface area contributed by atoms with Crippen LogP contribution < -0.4 is 0 Å². The normalized spacial score (nSPS) is 15.3. The number of unbranched alkanes of at least 4 members (excludes halogenated alkanes) is 17. The number of ether oxygens (including phenoxy) is 2. The van der Waals surface area contributed by atoms with Crippen molar-refractivity contribution in [3.05, 3.63) is 36.5 Å². The monoisotopic (exact) mass is 911 g/mol. The van der Waals surface area contributed by atoms with Gasteiger partial charge in [-0.2, -0.15) is 0 Å². The Kier molecular flexibility index (Phi) is 38.7. The van der Waals surface area contributed by atoms with Gasteiger partial charge < -0.3 is 34.4 Å². The molecule has 0 aliphatic heterocycles. The van der Waals surface area contributed by atoms with Gasteiger partial charge in [0.15, 0.2) is 6.10 Å². The maximum absolute atomic E-state index is 12.7. The predicted molar refractivity (Wildman–Crippen MR) is 241 cm³/mol. The Labute approximate surface area is 368 Å². The Bertz CT molecular complexity index is 1250. The highest BCUT2D eigenvalue weighted by Gasteiger charge is 2.28. The molecule has 0 amide bonds. The van der Waals surface area contributed by atoms with Gasteiger partial charge in [-0.25, -0.2) is 9.13 Å². The van der Waals surface area contributed by atoms with Crippen LogP contribution in [0.15, 0.2) is 36.5 Å². The molecule has 5 N–H and O–H groups in total. The number of hydrogen-bond acceptors (Lipinski definition) is 11. The number of phosphoric ester groups is 2. The average molecular weight is 911 g/mol. The summed E-state index contributed by atoms with van der Waals surface area (Å²) < 4.78 is 47.8. The van der Waals surface area contributed by atoms with E-state index >= 15 is 0 Å². The molecule has 5 atom stereocenters. The summed E-state index contributed by atoms with van der Waals surface area (Å²) in [5, 5.41) is 19.9. The molecule has 0 fully saturated rings. The number of carbonyl (C=O) groups excluding carboxylic acids is 2. The van der Waals surface area contributed by atoms with Crippen LogP contribution in [0.2, 0.25) is 0 Å². The van der Waals surface area contributed by atoms with Crippen molar-refractivity contribution >= 4 is 27.6 Å². The average Bonchev–Trinajstić information content (AvgIpc) is 3.21. The minimum atomic E-state index is -4.87. The van der Waals surface area contributed by atoms with E-state index in [1.54, 1.807) is 6.08 Å². The Morgan fingerprint density at radius 2 is 1.07 bits per heavy atom. The van der Waals surface area contributed by atoms with Crippen LogP contribution in [0.4, 0.5) is 0 Å². The third-order valence-corrected chi connectivity index (χ3v) is 11.6. The molecule has 0 aliphatic carbocycles. The number of carbonyl (C=O) groups is 2. The van der Waals surface area contributed by atoms with Gasteiger partial charge in [0, 0.05) is 12.8 Å². The second-order valence-corrected chi connectivity index (χ2v) is 18.8. The van der Waals surface area contributed by atoms with Gasteiger partial charge in [-0.05, 0) is 38.0 Å². The van der Waals surface area contributed by atoms with E-state index in [4.69, 9.17) is 23.8 Å². The van der Waals surface area contributed by atoms with Crippen molar-refractivity contribution in [2.45, 2.75) is 206 Å². The van der Waals surface area contributed by atoms with Crippen LogP contribution in [0.3, 0.4) is 0 Å². The van der Waals surface area contributed by atoms with Crippen molar-refractivity contribution in [3.8, 4) is 0 Å². The molecule has 16 heteroatoms. The summed E-state index contributed by atoms with van der Waals surface area (Å²) >= 11 is 0. The third-order valence-electron chi connectivity index (χ3n) is 10.2. The molecule has 0 bridgehead atoms. The number of allylic oxidation sites excluding steroid dienone is 5. The second-order valence-electron chi connectivity index (χ2n) is 16.1. The van der Waals surface area contributed by atoms with Gasteiger partial charge in [0.2, 0.25) is 0 Å². The molecule has 0 radical (unpaired) electrons. The summed E-state index contributed by atoms with van der Waals surface area (Å²) in [6, 6.07) is 0. The number of aliphatic hydroxyl groups excluding tert-OH is 2. The molecule has 0 heterocycles. The van der Waals surface area contributed by atoms with Gasteiger partial charge in [0.05, 0.1) is 25.9 Å². The molecule has 61 heavy (non-hydrogen) atoms. The van der Waals surface area contributed by atoms with Gasteiger partial charge in [0.1, 0.15) is 12.7 Å². The molecular formula is C45H84O14P2. The number of hydrogen-bond donors (Lipinski definition) is 5. The molecule has 0 saturated carbocycles. The van der Waals surface area contributed by atoms with Gasteiger partial charge in [-0.3, -0.25) is 23.2 Å². The maximum Gasteiger partial charge on any atom is 0.472 e. The van der Waals surface area contributed by atoms with Crippen molar-refractivity contribution in [1.29, 1.82) is 0 Å². The summed E-state index contributed by atoms with van der Waals surface area (Å²) in [7, 11) is -9.70. The topological polar surface area (TPSA) is 216 Å². The summed E-state index contributed by atoms with van der Waals surface area (Å²) in [4.78, 5) is 52.8. The van der Waals surface area contributed by atoms with Crippen molar-refractivity contribution in [1.82, 2.24) is 0 Å². The summed E-state index contributed by atoms with van der Waals surface area (Å²) in [6.07, 6.45) is 34.4. The first kappa shape index (κ1) is 59.3. The van der Waals surface area contributed by atoms with E-state index in [2.05, 4.69) is 42.0 Å². The van der Waals surface area contributed by atoms with Gasteiger partial charge in [-0.1, -0.05) is 179 Å². The molecule has 0 aliphatic rings. The number of rotatable bonds is 43. The van der Waals surface area contributed by atoms with E-state index in [1.165, 1.54) is 77.0 Å².